The van der Waals surface area contributed by atoms with Gasteiger partial charge in [-0.1, -0.05) is 12.1 Å². The van der Waals surface area contributed by atoms with Crippen molar-refractivity contribution in [3.05, 3.63) is 83.4 Å². The molecule has 0 bridgehead atoms. The molecule has 36 heavy (non-hydrogen) atoms. The highest BCUT2D eigenvalue weighted by Crippen LogP contribution is 2.30. The van der Waals surface area contributed by atoms with Crippen molar-refractivity contribution in [3.63, 3.8) is 0 Å². The van der Waals surface area contributed by atoms with Gasteiger partial charge in [-0.25, -0.2) is 5.43 Å². The van der Waals surface area contributed by atoms with Crippen molar-refractivity contribution in [2.45, 2.75) is 17.5 Å². The average molecular weight is 523 g/mol. The zero-order valence-electron chi connectivity index (χ0n) is 19.1. The first-order valence-electron chi connectivity index (χ1n) is 10.3. The van der Waals surface area contributed by atoms with Crippen LogP contribution in [0.1, 0.15) is 16.7 Å². The minimum Gasteiger partial charge on any atom is -0.497 e. The quantitative estimate of drug-likeness (QED) is 0.257. The molecule has 3 rings (SSSR count). The second-order valence-electron chi connectivity index (χ2n) is 7.25. The Bertz CT molecular complexity index is 1360. The molecule has 3 aromatic rings. The maximum atomic E-state index is 12.7. The first-order chi connectivity index (χ1) is 17.0. The van der Waals surface area contributed by atoms with Crippen LogP contribution in [0.5, 0.6) is 17.2 Å². The molecule has 0 radical (unpaired) electrons. The molecule has 0 aromatic heterocycles. The van der Waals surface area contributed by atoms with Crippen molar-refractivity contribution in [1.82, 2.24) is 5.43 Å². The van der Waals surface area contributed by atoms with Crippen LogP contribution in [-0.2, 0) is 27.5 Å². The van der Waals surface area contributed by atoms with Gasteiger partial charge in [0.05, 0.1) is 32.4 Å². The van der Waals surface area contributed by atoms with Gasteiger partial charge in [0.1, 0.15) is 16.4 Å². The van der Waals surface area contributed by atoms with Crippen LogP contribution in [0.25, 0.3) is 0 Å². The molecule has 0 aliphatic carbocycles. The van der Waals surface area contributed by atoms with Crippen LogP contribution in [0.2, 0.25) is 0 Å². The minimum absolute atomic E-state index is 0.0713. The zero-order valence-corrected chi connectivity index (χ0v) is 19.9. The van der Waals surface area contributed by atoms with E-state index in [1.807, 2.05) is 0 Å². The molecule has 0 fully saturated rings. The van der Waals surface area contributed by atoms with Crippen LogP contribution in [0.15, 0.2) is 76.7 Å². The molecule has 3 aromatic carbocycles. The lowest BCUT2D eigenvalue weighted by Crippen LogP contribution is -2.20. The zero-order chi connectivity index (χ0) is 26.3. The first kappa shape index (κ1) is 26.5. The number of nitrogens with zero attached hydrogens (tertiary/aromatic N) is 1. The molecule has 1 amide bonds. The molecular weight excluding hydrogens is 501 g/mol. The van der Waals surface area contributed by atoms with E-state index in [1.165, 1.54) is 38.6 Å². The van der Waals surface area contributed by atoms with E-state index in [2.05, 4.69) is 10.5 Å². The van der Waals surface area contributed by atoms with Crippen LogP contribution in [0, 0.1) is 0 Å². The molecule has 0 spiro atoms. The van der Waals surface area contributed by atoms with Crippen molar-refractivity contribution in [1.29, 1.82) is 0 Å². The summed E-state index contributed by atoms with van der Waals surface area (Å²) in [5.74, 6) is 0.419. The Hall–Kier alpha value is -4.06. The number of ether oxygens (including phenoxy) is 2. The summed E-state index contributed by atoms with van der Waals surface area (Å²) in [5, 5.41) is 3.84. The van der Waals surface area contributed by atoms with E-state index in [1.54, 1.807) is 24.3 Å². The van der Waals surface area contributed by atoms with Gasteiger partial charge in [0, 0.05) is 11.1 Å². The van der Waals surface area contributed by atoms with E-state index in [-0.39, 0.29) is 17.7 Å². The highest BCUT2D eigenvalue weighted by molar-refractivity contribution is 7.87. The van der Waals surface area contributed by atoms with Gasteiger partial charge in [-0.05, 0) is 54.6 Å². The molecule has 0 atom stereocenters. The van der Waals surface area contributed by atoms with Gasteiger partial charge in [0.2, 0.25) is 5.91 Å². The van der Waals surface area contributed by atoms with Crippen molar-refractivity contribution in [2.24, 2.45) is 5.10 Å². The number of carbonyl (C=O) groups is 1. The van der Waals surface area contributed by atoms with Crippen LogP contribution in [-0.4, -0.2) is 34.8 Å². The summed E-state index contributed by atoms with van der Waals surface area (Å²) in [6, 6.07) is 13.8. The van der Waals surface area contributed by atoms with Gasteiger partial charge < -0.3 is 13.7 Å². The summed E-state index contributed by atoms with van der Waals surface area (Å²) in [6.45, 7) is 0. The number of amides is 1. The number of benzene rings is 3. The second kappa shape index (κ2) is 11.1. The van der Waals surface area contributed by atoms with E-state index < -0.39 is 32.7 Å². The predicted octanol–water partition coefficient (Wildman–Crippen LogP) is 4.18. The van der Waals surface area contributed by atoms with E-state index in [9.17, 15) is 26.4 Å². The number of para-hydroxylation sites is 1. The van der Waals surface area contributed by atoms with Gasteiger partial charge in [0.15, 0.2) is 5.75 Å². The second-order valence-corrected chi connectivity index (χ2v) is 8.79. The third kappa shape index (κ3) is 6.75. The molecule has 0 unspecified atom stereocenters. The summed E-state index contributed by atoms with van der Waals surface area (Å²) in [4.78, 5) is 11.9. The largest absolute Gasteiger partial charge is 0.497 e. The molecule has 12 heteroatoms. The molecule has 190 valence electrons. The number of carbonyl (C=O) groups excluding carboxylic acids is 1. The Morgan fingerprint density at radius 1 is 0.972 bits per heavy atom. The van der Waals surface area contributed by atoms with E-state index in [0.717, 1.165) is 12.1 Å². The van der Waals surface area contributed by atoms with Crippen LogP contribution in [0.4, 0.5) is 13.2 Å². The van der Waals surface area contributed by atoms with Gasteiger partial charge in [-0.15, -0.1) is 0 Å². The number of hydrogen-bond acceptors (Lipinski definition) is 7. The molecule has 0 heterocycles. The minimum atomic E-state index is -4.60. The average Bonchev–Trinajstić information content (AvgIpc) is 2.84. The third-order valence-corrected chi connectivity index (χ3v) is 6.07. The third-order valence-electron chi connectivity index (χ3n) is 4.82. The molecule has 0 aliphatic rings. The predicted molar refractivity (Wildman–Crippen MR) is 125 cm³/mol. The number of hydrogen-bond donors (Lipinski definition) is 1. The van der Waals surface area contributed by atoms with Gasteiger partial charge >= 0.3 is 16.3 Å². The SMILES string of the molecule is COc1ccc(OC)c(CC(=O)NN=Cc2ccccc2OS(=O)(=O)c2ccc(C(F)(F)F)cc2)c1. The molecule has 0 saturated heterocycles. The number of hydrazone groups is 1. The van der Waals surface area contributed by atoms with Crippen LogP contribution < -0.4 is 19.1 Å². The number of nitrogens with one attached hydrogen (secondary N) is 1. The Morgan fingerprint density at radius 3 is 2.31 bits per heavy atom. The monoisotopic (exact) mass is 522 g/mol. The lowest BCUT2D eigenvalue weighted by atomic mass is 10.1. The van der Waals surface area contributed by atoms with E-state index in [4.69, 9.17) is 13.7 Å². The van der Waals surface area contributed by atoms with Gasteiger partial charge in [0.25, 0.3) is 0 Å². The number of halogens is 3. The number of alkyl halides is 3. The summed E-state index contributed by atoms with van der Waals surface area (Å²) in [5.41, 5.74) is 2.11. The van der Waals surface area contributed by atoms with Crippen molar-refractivity contribution in [3.8, 4) is 17.2 Å². The van der Waals surface area contributed by atoms with E-state index >= 15 is 0 Å². The Balaban J connectivity index is 1.71. The molecule has 8 nitrogen and oxygen atoms in total. The molecule has 1 N–H and O–H groups in total. The van der Waals surface area contributed by atoms with Gasteiger partial charge in [-0.3, -0.25) is 4.79 Å². The molecule has 0 saturated carbocycles. The molecule has 0 aliphatic heterocycles. The van der Waals surface area contributed by atoms with E-state index in [0.29, 0.717) is 29.2 Å². The summed E-state index contributed by atoms with van der Waals surface area (Å²) < 4.78 is 78.9. The van der Waals surface area contributed by atoms with Crippen LogP contribution >= 0.6 is 0 Å². The van der Waals surface area contributed by atoms with Crippen molar-refractivity contribution < 1.29 is 40.0 Å². The lowest BCUT2D eigenvalue weighted by Gasteiger charge is -2.11. The number of rotatable bonds is 9. The standard InChI is InChI=1S/C24H21F3N2O6S/c1-33-19-9-12-21(34-2)17(13-19)14-23(30)29-28-15-16-5-3-4-6-22(16)35-36(31,32)20-10-7-18(8-11-20)24(25,26)27/h3-13,15H,14H2,1-2H3,(H,29,30). The Morgan fingerprint density at radius 2 is 1.67 bits per heavy atom. The van der Waals surface area contributed by atoms with Crippen molar-refractivity contribution in [2.75, 3.05) is 14.2 Å². The first-order valence-corrected chi connectivity index (χ1v) is 11.7. The fourth-order valence-electron chi connectivity index (χ4n) is 3.05. The smallest absolute Gasteiger partial charge is 0.416 e. The highest BCUT2D eigenvalue weighted by atomic mass is 32.2. The Kier molecular flexibility index (Phi) is 8.20. The maximum Gasteiger partial charge on any atom is 0.416 e. The van der Waals surface area contributed by atoms with Crippen LogP contribution in [0.3, 0.4) is 0 Å². The Labute approximate surface area is 205 Å². The normalized spacial score (nSPS) is 11.8. The summed E-state index contributed by atoms with van der Waals surface area (Å²) >= 11 is 0. The number of methoxy groups -OCH3 is 2. The van der Waals surface area contributed by atoms with Crippen molar-refractivity contribution >= 4 is 22.2 Å². The highest BCUT2D eigenvalue weighted by Gasteiger charge is 2.31. The fourth-order valence-corrected chi connectivity index (χ4v) is 4.00. The maximum absolute atomic E-state index is 12.7. The molecular formula is C24H21F3N2O6S. The van der Waals surface area contributed by atoms with Gasteiger partial charge in [-0.2, -0.15) is 26.7 Å². The summed E-state index contributed by atoms with van der Waals surface area (Å²) in [6.07, 6.45) is -3.50. The lowest BCUT2D eigenvalue weighted by molar-refractivity contribution is -0.137. The fraction of sp³-hybridized carbons (Fsp3) is 0.167. The topological polar surface area (TPSA) is 103 Å². The summed E-state index contributed by atoms with van der Waals surface area (Å²) in [7, 11) is -1.47.